The maximum atomic E-state index is 9.36. The van der Waals surface area contributed by atoms with Gasteiger partial charge >= 0.3 is 0 Å². The summed E-state index contributed by atoms with van der Waals surface area (Å²) in [5, 5.41) is 49.7. The topological polar surface area (TPSA) is 164 Å². The average molecular weight is 1030 g/mol. The van der Waals surface area contributed by atoms with Crippen molar-refractivity contribution in [1.82, 2.24) is 18.7 Å². The quantitative estimate of drug-likeness (QED) is 0.173. The Kier molecular flexibility index (Phi) is 14.2. The van der Waals surface area contributed by atoms with E-state index < -0.39 is 0 Å². The molecule has 0 saturated carbocycles. The molecule has 0 radical (unpaired) electrons. The van der Waals surface area contributed by atoms with Gasteiger partial charge < -0.3 is 33.3 Å². The summed E-state index contributed by atoms with van der Waals surface area (Å²) in [5.74, 6) is 1.85. The Bertz CT molecular complexity index is 3780. The van der Waals surface area contributed by atoms with Crippen LogP contribution < -0.4 is 9.47 Å². The molecule has 334 valence electrons. The molecular formula is C56H38Br2N8O3. The largest absolute Gasteiger partial charge is 0.508 e. The van der Waals surface area contributed by atoms with Crippen LogP contribution in [0.1, 0.15) is 22.3 Å². The van der Waals surface area contributed by atoms with E-state index in [4.69, 9.17) is 14.7 Å². The van der Waals surface area contributed by atoms with Gasteiger partial charge in [-0.15, -0.1) is 0 Å². The Morgan fingerprint density at radius 1 is 0.464 bits per heavy atom. The number of hydrogen-bond donors (Lipinski definition) is 2. The van der Waals surface area contributed by atoms with Crippen LogP contribution in [0.15, 0.2) is 191 Å². The number of rotatable bonds is 5. The molecule has 0 unspecified atom stereocenters. The molecule has 7 aromatic carbocycles. The Labute approximate surface area is 414 Å². The molecule has 11 rings (SSSR count). The lowest BCUT2D eigenvalue weighted by molar-refractivity contribution is 0.414. The first kappa shape index (κ1) is 46.5. The van der Waals surface area contributed by atoms with E-state index in [1.807, 2.05) is 178 Å². The lowest BCUT2D eigenvalue weighted by Crippen LogP contribution is -1.94. The van der Waals surface area contributed by atoms with Crippen molar-refractivity contribution in [1.29, 1.82) is 21.0 Å². The molecule has 0 saturated heterocycles. The van der Waals surface area contributed by atoms with Gasteiger partial charge in [-0.05, 0) is 129 Å². The first-order valence-corrected chi connectivity index (χ1v) is 22.7. The molecule has 69 heavy (non-hydrogen) atoms. The van der Waals surface area contributed by atoms with Crippen molar-refractivity contribution in [3.63, 3.8) is 0 Å². The third-order valence-electron chi connectivity index (χ3n) is 11.2. The summed E-state index contributed by atoms with van der Waals surface area (Å²) in [6.45, 7) is 0. The van der Waals surface area contributed by atoms with Crippen LogP contribution >= 0.6 is 31.9 Å². The Balaban J connectivity index is 0.000000126. The molecule has 0 atom stereocenters. The lowest BCUT2D eigenvalue weighted by atomic mass is 10.2. The van der Waals surface area contributed by atoms with Crippen LogP contribution in [0.5, 0.6) is 17.2 Å². The van der Waals surface area contributed by atoms with Crippen molar-refractivity contribution in [2.24, 2.45) is 0 Å². The average Bonchev–Trinajstić information content (AvgIpc) is 4.15. The summed E-state index contributed by atoms with van der Waals surface area (Å²) in [6, 6.07) is 62.5. The van der Waals surface area contributed by atoms with Crippen LogP contribution in [0.25, 0.3) is 60.7 Å². The van der Waals surface area contributed by atoms with Gasteiger partial charge in [-0.1, -0.05) is 72.8 Å². The van der Waals surface area contributed by atoms with E-state index in [1.165, 1.54) is 0 Å². The monoisotopic (exact) mass is 1030 g/mol. The van der Waals surface area contributed by atoms with Gasteiger partial charge in [0.15, 0.2) is 0 Å². The number of ether oxygens (including phenoxy) is 2. The van der Waals surface area contributed by atoms with E-state index in [0.29, 0.717) is 22.3 Å². The number of phenols is 1. The summed E-state index contributed by atoms with van der Waals surface area (Å²) in [5.41, 5.74) is 9.55. The molecule has 0 aliphatic carbocycles. The van der Waals surface area contributed by atoms with Gasteiger partial charge in [-0.3, -0.25) is 0 Å². The first-order chi connectivity index (χ1) is 33.7. The predicted molar refractivity (Wildman–Crippen MR) is 277 cm³/mol. The highest BCUT2D eigenvalue weighted by Gasteiger charge is 2.17. The normalized spacial score (nSPS) is 10.3. The zero-order valence-electron chi connectivity index (χ0n) is 37.0. The number of aromatic hydroxyl groups is 1. The van der Waals surface area contributed by atoms with E-state index in [9.17, 15) is 20.9 Å². The molecule has 11 nitrogen and oxygen atoms in total. The maximum absolute atomic E-state index is 9.36. The van der Waals surface area contributed by atoms with Gasteiger partial charge in [-0.2, -0.15) is 21.0 Å². The lowest BCUT2D eigenvalue weighted by Gasteiger charge is -2.08. The van der Waals surface area contributed by atoms with E-state index in [0.717, 1.165) is 81.4 Å². The van der Waals surface area contributed by atoms with Gasteiger partial charge in [0.1, 0.15) is 50.7 Å². The Hall–Kier alpha value is -8.98. The number of methoxy groups -OCH3 is 2. The highest BCUT2D eigenvalue weighted by Crippen LogP contribution is 2.35. The second-order valence-corrected chi connectivity index (χ2v) is 16.6. The summed E-state index contributed by atoms with van der Waals surface area (Å²) in [4.78, 5) is 3.02. The zero-order chi connectivity index (χ0) is 48.4. The number of benzene rings is 7. The number of aromatic amines is 1. The number of halogens is 2. The SMILES string of the molecule is COc1ccc(-n2c(Br)c(C#N)c3ccccc32)cc1.COc1ccc(-n2cc(C#N)c3ccccc32)cc1.N#Cc1c(Br)n(-c2ccc(O)cc2)c2ccccc12.N#Cc1c[nH]c2ccccc12. The van der Waals surface area contributed by atoms with E-state index >= 15 is 0 Å². The molecule has 4 aromatic heterocycles. The Morgan fingerprint density at radius 2 is 0.884 bits per heavy atom. The minimum atomic E-state index is 0.219. The smallest absolute Gasteiger partial charge is 0.119 e. The molecule has 13 heteroatoms. The molecule has 11 aromatic rings. The number of nitriles is 4. The van der Waals surface area contributed by atoms with Crippen molar-refractivity contribution in [2.45, 2.75) is 0 Å². The maximum Gasteiger partial charge on any atom is 0.119 e. The number of phenolic OH excluding ortho intramolecular Hbond substituents is 1. The van der Waals surface area contributed by atoms with E-state index in [-0.39, 0.29) is 5.75 Å². The second-order valence-electron chi connectivity index (χ2n) is 15.1. The van der Waals surface area contributed by atoms with Crippen LogP contribution in [0.3, 0.4) is 0 Å². The second kappa shape index (κ2) is 21.1. The Morgan fingerprint density at radius 3 is 1.36 bits per heavy atom. The third kappa shape index (κ3) is 9.51. The summed E-state index contributed by atoms with van der Waals surface area (Å²) in [7, 11) is 3.29. The molecule has 0 aliphatic heterocycles. The number of nitrogens with zero attached hydrogens (tertiary/aromatic N) is 7. The van der Waals surface area contributed by atoms with Crippen LogP contribution in [0.4, 0.5) is 0 Å². The van der Waals surface area contributed by atoms with E-state index in [1.54, 1.807) is 32.5 Å². The van der Waals surface area contributed by atoms with Crippen LogP contribution in [-0.2, 0) is 0 Å². The van der Waals surface area contributed by atoms with Gasteiger partial charge in [0.05, 0.1) is 53.0 Å². The van der Waals surface area contributed by atoms with Crippen molar-refractivity contribution in [2.75, 3.05) is 14.2 Å². The molecule has 4 heterocycles. The molecule has 2 N–H and O–H groups in total. The highest BCUT2D eigenvalue weighted by molar-refractivity contribution is 9.10. The van der Waals surface area contributed by atoms with E-state index in [2.05, 4.69) is 61.1 Å². The molecular weight excluding hydrogens is 992 g/mol. The van der Waals surface area contributed by atoms with Crippen molar-refractivity contribution < 1.29 is 14.6 Å². The number of H-pyrrole nitrogens is 1. The summed E-state index contributed by atoms with van der Waals surface area (Å²) < 4.78 is 17.8. The molecule has 0 bridgehead atoms. The fraction of sp³-hybridized carbons (Fsp3) is 0.0357. The third-order valence-corrected chi connectivity index (χ3v) is 12.7. The summed E-state index contributed by atoms with van der Waals surface area (Å²) in [6.07, 6.45) is 3.59. The minimum Gasteiger partial charge on any atom is -0.508 e. The first-order valence-electron chi connectivity index (χ1n) is 21.2. The zero-order valence-corrected chi connectivity index (χ0v) is 40.1. The standard InChI is InChI=1S/C16H11BrN2O.C16H12N2O.C15H9BrN2O.C9H6N2/c1-20-12-8-6-11(7-9-12)19-15-5-3-2-4-13(15)14(10-18)16(19)17;1-19-14-8-6-13(7-9-14)18-11-12(10-17)15-4-2-3-5-16(15)18;16-15-13(9-17)12-3-1-2-4-14(12)18(15)10-5-7-11(19)8-6-10;10-5-7-6-11-9-4-2-1-3-8(7)9/h2-9H,1H3;2-9,11H,1H3;1-8,19H;1-4,6,11H. The van der Waals surface area contributed by atoms with Crippen LogP contribution in [-0.4, -0.2) is 38.0 Å². The number of para-hydroxylation sites is 4. The van der Waals surface area contributed by atoms with Gasteiger partial charge in [0, 0.05) is 56.5 Å². The highest BCUT2D eigenvalue weighted by atomic mass is 79.9. The fourth-order valence-electron chi connectivity index (χ4n) is 7.86. The predicted octanol–water partition coefficient (Wildman–Crippen LogP) is 13.8. The van der Waals surface area contributed by atoms with Crippen LogP contribution in [0, 0.1) is 45.3 Å². The number of fused-ring (bicyclic) bond motifs is 4. The van der Waals surface area contributed by atoms with Gasteiger partial charge in [0.2, 0.25) is 0 Å². The summed E-state index contributed by atoms with van der Waals surface area (Å²) >= 11 is 7.02. The number of nitrogens with one attached hydrogen (secondary N) is 1. The minimum absolute atomic E-state index is 0.219. The molecule has 0 fully saturated rings. The molecule has 0 spiro atoms. The van der Waals surface area contributed by atoms with Gasteiger partial charge in [0.25, 0.3) is 0 Å². The van der Waals surface area contributed by atoms with Crippen molar-refractivity contribution >= 4 is 75.5 Å². The van der Waals surface area contributed by atoms with Crippen molar-refractivity contribution in [3.05, 3.63) is 214 Å². The van der Waals surface area contributed by atoms with Crippen LogP contribution in [0.2, 0.25) is 0 Å². The molecule has 0 aliphatic rings. The van der Waals surface area contributed by atoms with Gasteiger partial charge in [-0.25, -0.2) is 0 Å². The fourth-order valence-corrected chi connectivity index (χ4v) is 9.25. The number of hydrogen-bond acceptors (Lipinski definition) is 7. The molecule has 0 amide bonds. The number of aromatic nitrogens is 4. The van der Waals surface area contributed by atoms with Crippen molar-refractivity contribution in [3.8, 4) is 58.6 Å².